The highest BCUT2D eigenvalue weighted by molar-refractivity contribution is 6.32. The summed E-state index contributed by atoms with van der Waals surface area (Å²) < 4.78 is 42.3. The molecule has 1 atom stereocenters. The number of hydrogen-bond donors (Lipinski definition) is 2. The van der Waals surface area contributed by atoms with Gasteiger partial charge in [-0.1, -0.05) is 11.6 Å². The van der Waals surface area contributed by atoms with Gasteiger partial charge in [0.25, 0.3) is 0 Å². The van der Waals surface area contributed by atoms with Crippen molar-refractivity contribution in [2.45, 2.75) is 19.2 Å². The number of ether oxygens (including phenoxy) is 1. The van der Waals surface area contributed by atoms with Crippen LogP contribution < -0.4 is 0 Å². The van der Waals surface area contributed by atoms with Crippen LogP contribution in [0.1, 0.15) is 24.2 Å². The number of alkyl halides is 3. The van der Waals surface area contributed by atoms with Gasteiger partial charge >= 0.3 is 12.1 Å². The van der Waals surface area contributed by atoms with Crippen molar-refractivity contribution < 1.29 is 32.9 Å². The largest absolute Gasteiger partial charge is 0.506 e. The van der Waals surface area contributed by atoms with Crippen LogP contribution in [0, 0.1) is 0 Å². The van der Waals surface area contributed by atoms with Crippen LogP contribution in [0.5, 0.6) is 5.75 Å². The molecule has 0 bridgehead atoms. The molecule has 0 aliphatic heterocycles. The van der Waals surface area contributed by atoms with E-state index in [9.17, 15) is 28.2 Å². The number of carbonyl (C=O) groups excluding carboxylic acids is 1. The van der Waals surface area contributed by atoms with E-state index in [1.54, 1.807) is 0 Å². The first kappa shape index (κ1) is 15.6. The fraction of sp³-hybridized carbons (Fsp3) is 0.364. The smallest absolute Gasteiger partial charge is 0.420 e. The second-order valence-electron chi connectivity index (χ2n) is 3.55. The molecule has 0 saturated heterocycles. The van der Waals surface area contributed by atoms with Gasteiger partial charge in [-0.05, 0) is 24.6 Å². The first-order chi connectivity index (χ1) is 8.68. The number of hydrogen-bond acceptors (Lipinski definition) is 4. The average Bonchev–Trinajstić information content (AvgIpc) is 2.30. The fourth-order valence-electron chi connectivity index (χ4n) is 1.35. The summed E-state index contributed by atoms with van der Waals surface area (Å²) in [6, 6.07) is 1.32. The molecule has 4 nitrogen and oxygen atoms in total. The molecule has 106 valence electrons. The normalized spacial score (nSPS) is 13.2. The predicted molar refractivity (Wildman–Crippen MR) is 59.7 cm³/mol. The Bertz CT molecular complexity index is 488. The van der Waals surface area contributed by atoms with Crippen molar-refractivity contribution in [2.75, 3.05) is 6.61 Å². The zero-order valence-corrected chi connectivity index (χ0v) is 10.4. The Hall–Kier alpha value is -1.47. The molecule has 1 rings (SSSR count). The Morgan fingerprint density at radius 2 is 2.05 bits per heavy atom. The van der Waals surface area contributed by atoms with Gasteiger partial charge in [-0.25, -0.2) is 4.79 Å². The predicted octanol–water partition coefficient (Wildman–Crippen LogP) is 2.66. The van der Waals surface area contributed by atoms with Gasteiger partial charge < -0.3 is 14.9 Å². The monoisotopic (exact) mass is 298 g/mol. The summed E-state index contributed by atoms with van der Waals surface area (Å²) in [5.74, 6) is -2.26. The second kappa shape index (κ2) is 5.66. The molecule has 0 heterocycles. The molecule has 0 aliphatic rings. The number of aliphatic hydroxyl groups is 1. The minimum atomic E-state index is -4.86. The highest BCUT2D eigenvalue weighted by Gasteiger charge is 2.36. The van der Waals surface area contributed by atoms with Crippen LogP contribution in [-0.2, 0) is 15.7 Å². The lowest BCUT2D eigenvalue weighted by atomic mass is 10.0. The standard InChI is InChI=1S/C11H10ClF3O4/c1-2-19-10(18)8(16)5-3-6(11(13,14)15)9(17)7(12)4-5/h3-4,8,16-17H,2H2,1H3. The Kier molecular flexibility index (Phi) is 4.65. The number of phenols is 1. The van der Waals surface area contributed by atoms with E-state index >= 15 is 0 Å². The lowest BCUT2D eigenvalue weighted by molar-refractivity contribution is -0.153. The molecule has 0 saturated carbocycles. The van der Waals surface area contributed by atoms with Gasteiger partial charge in [0.2, 0.25) is 0 Å². The first-order valence-corrected chi connectivity index (χ1v) is 5.50. The molecule has 0 aromatic heterocycles. The SMILES string of the molecule is CCOC(=O)C(O)c1cc(Cl)c(O)c(C(F)(F)F)c1. The minimum Gasteiger partial charge on any atom is -0.506 e. The maximum Gasteiger partial charge on any atom is 0.420 e. The molecule has 0 aliphatic carbocycles. The van der Waals surface area contributed by atoms with Gasteiger partial charge in [-0.2, -0.15) is 13.2 Å². The maximum absolute atomic E-state index is 12.6. The number of aromatic hydroxyl groups is 1. The number of halogens is 4. The molecule has 0 fully saturated rings. The lowest BCUT2D eigenvalue weighted by Crippen LogP contribution is -2.16. The Balaban J connectivity index is 3.24. The minimum absolute atomic E-state index is 0.0339. The van der Waals surface area contributed by atoms with E-state index in [0.29, 0.717) is 6.07 Å². The van der Waals surface area contributed by atoms with Gasteiger partial charge in [-0.15, -0.1) is 0 Å². The topological polar surface area (TPSA) is 66.8 Å². The zero-order chi connectivity index (χ0) is 14.8. The van der Waals surface area contributed by atoms with Crippen LogP contribution in [0.2, 0.25) is 5.02 Å². The zero-order valence-electron chi connectivity index (χ0n) is 9.66. The van der Waals surface area contributed by atoms with Crippen LogP contribution in [0.15, 0.2) is 12.1 Å². The van der Waals surface area contributed by atoms with Crippen molar-refractivity contribution in [2.24, 2.45) is 0 Å². The fourth-order valence-corrected chi connectivity index (χ4v) is 1.58. The number of phenolic OH excluding ortho intramolecular Hbond substituents is 1. The molecule has 1 aromatic rings. The van der Waals surface area contributed by atoms with E-state index in [1.807, 2.05) is 0 Å². The molecule has 0 radical (unpaired) electrons. The Morgan fingerprint density at radius 3 is 2.53 bits per heavy atom. The number of esters is 1. The third-order valence-electron chi connectivity index (χ3n) is 2.22. The summed E-state index contributed by atoms with van der Waals surface area (Å²) >= 11 is 5.44. The molecule has 0 spiro atoms. The molecule has 1 unspecified atom stereocenters. The van der Waals surface area contributed by atoms with Crippen molar-refractivity contribution in [3.05, 3.63) is 28.3 Å². The van der Waals surface area contributed by atoms with Crippen molar-refractivity contribution >= 4 is 17.6 Å². The molecular formula is C11H10ClF3O4. The van der Waals surface area contributed by atoms with E-state index in [4.69, 9.17) is 11.6 Å². The van der Waals surface area contributed by atoms with Gasteiger partial charge in [0.05, 0.1) is 17.2 Å². The van der Waals surface area contributed by atoms with Crippen LogP contribution in [0.4, 0.5) is 13.2 Å². The summed E-state index contributed by atoms with van der Waals surface area (Å²) in [4.78, 5) is 11.2. The van der Waals surface area contributed by atoms with Gasteiger partial charge in [0.15, 0.2) is 6.10 Å². The number of rotatable bonds is 3. The van der Waals surface area contributed by atoms with Crippen LogP contribution in [-0.4, -0.2) is 22.8 Å². The molecule has 2 N–H and O–H groups in total. The first-order valence-electron chi connectivity index (χ1n) is 5.12. The summed E-state index contributed by atoms with van der Waals surface area (Å²) in [7, 11) is 0. The summed E-state index contributed by atoms with van der Waals surface area (Å²) in [6.07, 6.45) is -6.77. The maximum atomic E-state index is 12.6. The quantitative estimate of drug-likeness (QED) is 0.842. The van der Waals surface area contributed by atoms with Crippen LogP contribution in [0.3, 0.4) is 0 Å². The van der Waals surface area contributed by atoms with Crippen LogP contribution in [0.25, 0.3) is 0 Å². The summed E-state index contributed by atoms with van der Waals surface area (Å²) in [5, 5.41) is 18.2. The Labute approximate surface area is 111 Å². The van der Waals surface area contributed by atoms with E-state index in [1.165, 1.54) is 6.92 Å². The van der Waals surface area contributed by atoms with Crippen molar-refractivity contribution in [1.29, 1.82) is 0 Å². The Morgan fingerprint density at radius 1 is 1.47 bits per heavy atom. The van der Waals surface area contributed by atoms with Gasteiger partial charge in [-0.3, -0.25) is 0 Å². The average molecular weight is 299 g/mol. The highest BCUT2D eigenvalue weighted by atomic mass is 35.5. The summed E-state index contributed by atoms with van der Waals surface area (Å²) in [6.45, 7) is 1.45. The second-order valence-corrected chi connectivity index (χ2v) is 3.96. The molecule has 0 amide bonds. The van der Waals surface area contributed by atoms with E-state index in [2.05, 4.69) is 4.74 Å². The lowest BCUT2D eigenvalue weighted by Gasteiger charge is -2.15. The molecular weight excluding hydrogens is 289 g/mol. The third-order valence-corrected chi connectivity index (χ3v) is 2.50. The number of benzene rings is 1. The highest BCUT2D eigenvalue weighted by Crippen LogP contribution is 2.41. The molecule has 8 heteroatoms. The summed E-state index contributed by atoms with van der Waals surface area (Å²) in [5.41, 5.74) is -1.84. The number of carbonyl (C=O) groups is 1. The number of aliphatic hydroxyl groups excluding tert-OH is 1. The van der Waals surface area contributed by atoms with Crippen LogP contribution >= 0.6 is 11.6 Å². The van der Waals surface area contributed by atoms with Crippen molar-refractivity contribution in [3.63, 3.8) is 0 Å². The van der Waals surface area contributed by atoms with Crippen molar-refractivity contribution in [3.8, 4) is 5.75 Å². The van der Waals surface area contributed by atoms with Gasteiger partial charge in [0, 0.05) is 0 Å². The molecule has 1 aromatic carbocycles. The van der Waals surface area contributed by atoms with Crippen molar-refractivity contribution in [1.82, 2.24) is 0 Å². The van der Waals surface area contributed by atoms with Gasteiger partial charge in [0.1, 0.15) is 5.75 Å². The van der Waals surface area contributed by atoms with E-state index in [0.717, 1.165) is 6.07 Å². The third kappa shape index (κ3) is 3.51. The van der Waals surface area contributed by atoms with E-state index in [-0.39, 0.29) is 6.61 Å². The molecule has 19 heavy (non-hydrogen) atoms. The van der Waals surface area contributed by atoms with E-state index < -0.39 is 40.1 Å².